The van der Waals surface area contributed by atoms with E-state index in [1.54, 1.807) is 0 Å². The molecule has 0 aliphatic heterocycles. The molecule has 8 aromatic rings. The van der Waals surface area contributed by atoms with Crippen LogP contribution in [0, 0.1) is 6.57 Å². The normalized spacial score (nSPS) is 14.4. The lowest BCUT2D eigenvalue weighted by Gasteiger charge is -2.36. The van der Waals surface area contributed by atoms with E-state index in [-0.39, 0.29) is 5.41 Å². The van der Waals surface area contributed by atoms with Gasteiger partial charge in [0, 0.05) is 32.9 Å². The maximum Gasteiger partial charge on any atom is 0.187 e. The average molecular weight is 657 g/mol. The van der Waals surface area contributed by atoms with E-state index in [0.29, 0.717) is 23.2 Å². The average Bonchev–Trinajstić information content (AvgIpc) is 3.71. The minimum Gasteiger partial charge on any atom is -0.456 e. The van der Waals surface area contributed by atoms with Crippen LogP contribution in [-0.2, 0) is 5.41 Å². The van der Waals surface area contributed by atoms with Crippen molar-refractivity contribution in [3.63, 3.8) is 0 Å². The topological polar surface area (TPSA) is 56.2 Å². The fourth-order valence-electron chi connectivity index (χ4n) is 8.55. The molecule has 0 amide bonds. The molecule has 5 heteroatoms. The Hall–Kier alpha value is -6.38. The standard InChI is InChI=1S/C46H32N4O/c1-47-33-22-24-38-37(28-33)34-23-21-32(27-39(34)46(38)25-8-3-9-26-46)29-17-19-31(20-18-29)44-48-43(30-11-4-2-5-12-30)49-45(50-44)36-14-10-16-41-42(36)35-13-6-7-15-40(35)51-41/h2,4-7,10-24,27-28H,3,8-9,25-26H2. The fraction of sp³-hybridized carbons (Fsp3) is 0.130. The number of benzene rings is 6. The van der Waals surface area contributed by atoms with Crippen LogP contribution in [0.2, 0.25) is 0 Å². The highest BCUT2D eigenvalue weighted by atomic mass is 16.3. The van der Waals surface area contributed by atoms with E-state index in [0.717, 1.165) is 57.0 Å². The van der Waals surface area contributed by atoms with Crippen molar-refractivity contribution in [2.75, 3.05) is 0 Å². The van der Waals surface area contributed by atoms with Gasteiger partial charge >= 0.3 is 0 Å². The summed E-state index contributed by atoms with van der Waals surface area (Å²) in [6, 6.07) is 46.1. The van der Waals surface area contributed by atoms with E-state index in [1.165, 1.54) is 47.1 Å². The summed E-state index contributed by atoms with van der Waals surface area (Å²) >= 11 is 0. The Kier molecular flexibility index (Phi) is 6.72. The van der Waals surface area contributed by atoms with Gasteiger partial charge in [0.05, 0.1) is 6.57 Å². The van der Waals surface area contributed by atoms with Gasteiger partial charge in [-0.2, -0.15) is 0 Å². The monoisotopic (exact) mass is 656 g/mol. The number of nitrogens with zero attached hydrogens (tertiary/aromatic N) is 4. The zero-order valence-electron chi connectivity index (χ0n) is 27.9. The van der Waals surface area contributed by atoms with E-state index < -0.39 is 0 Å². The highest BCUT2D eigenvalue weighted by Crippen LogP contribution is 2.57. The lowest BCUT2D eigenvalue weighted by molar-refractivity contribution is 0.353. The number of hydrogen-bond donors (Lipinski definition) is 0. The summed E-state index contributed by atoms with van der Waals surface area (Å²) in [6.07, 6.45) is 6.05. The van der Waals surface area contributed by atoms with Crippen LogP contribution in [0.4, 0.5) is 5.69 Å². The largest absolute Gasteiger partial charge is 0.456 e. The van der Waals surface area contributed by atoms with Gasteiger partial charge in [-0.15, -0.1) is 0 Å². The molecular weight excluding hydrogens is 625 g/mol. The predicted molar refractivity (Wildman–Crippen MR) is 204 cm³/mol. The molecule has 0 atom stereocenters. The van der Waals surface area contributed by atoms with Crippen molar-refractivity contribution in [1.82, 2.24) is 15.0 Å². The Labute approximate surface area is 296 Å². The second-order valence-electron chi connectivity index (χ2n) is 13.8. The summed E-state index contributed by atoms with van der Waals surface area (Å²) in [5.74, 6) is 1.86. The molecule has 0 saturated heterocycles. The van der Waals surface area contributed by atoms with Crippen molar-refractivity contribution in [2.45, 2.75) is 37.5 Å². The smallest absolute Gasteiger partial charge is 0.187 e. The summed E-state index contributed by atoms with van der Waals surface area (Å²) in [7, 11) is 0. The van der Waals surface area contributed by atoms with Gasteiger partial charge in [0.2, 0.25) is 0 Å². The Morgan fingerprint density at radius 2 is 1.20 bits per heavy atom. The number of furan rings is 1. The summed E-state index contributed by atoms with van der Waals surface area (Å²) in [6.45, 7) is 7.63. The van der Waals surface area contributed by atoms with Crippen LogP contribution in [0.15, 0.2) is 138 Å². The van der Waals surface area contributed by atoms with E-state index in [9.17, 15) is 0 Å². The molecule has 2 heterocycles. The molecule has 1 saturated carbocycles. The molecule has 2 aliphatic carbocycles. The molecule has 2 aromatic heterocycles. The second kappa shape index (κ2) is 11.6. The highest BCUT2D eigenvalue weighted by Gasteiger charge is 2.43. The van der Waals surface area contributed by atoms with Gasteiger partial charge < -0.3 is 4.42 Å². The maximum atomic E-state index is 7.63. The molecule has 1 spiro atoms. The molecule has 10 rings (SSSR count). The van der Waals surface area contributed by atoms with Gasteiger partial charge in [0.25, 0.3) is 0 Å². The van der Waals surface area contributed by atoms with Gasteiger partial charge in [-0.05, 0) is 70.5 Å². The molecule has 0 N–H and O–H groups in total. The van der Waals surface area contributed by atoms with Crippen molar-refractivity contribution in [3.8, 4) is 56.4 Å². The zero-order valence-corrected chi connectivity index (χ0v) is 27.9. The van der Waals surface area contributed by atoms with Crippen LogP contribution in [-0.4, -0.2) is 15.0 Å². The number of fused-ring (bicyclic) bond motifs is 8. The van der Waals surface area contributed by atoms with Gasteiger partial charge in [-0.3, -0.25) is 0 Å². The molecule has 0 unspecified atom stereocenters. The number of hydrogen-bond acceptors (Lipinski definition) is 4. The first kappa shape index (κ1) is 29.5. The first-order valence-electron chi connectivity index (χ1n) is 17.7. The first-order chi connectivity index (χ1) is 25.2. The summed E-state index contributed by atoms with van der Waals surface area (Å²) < 4.78 is 6.21. The van der Waals surface area contributed by atoms with Crippen LogP contribution >= 0.6 is 0 Å². The Morgan fingerprint density at radius 1 is 0.510 bits per heavy atom. The van der Waals surface area contributed by atoms with Gasteiger partial charge in [0.15, 0.2) is 23.2 Å². The maximum absolute atomic E-state index is 7.63. The second-order valence-corrected chi connectivity index (χ2v) is 13.8. The van der Waals surface area contributed by atoms with Crippen LogP contribution < -0.4 is 0 Å². The Balaban J connectivity index is 1.07. The number of aromatic nitrogens is 3. The van der Waals surface area contributed by atoms with E-state index in [1.807, 2.05) is 66.7 Å². The number of rotatable bonds is 4. The molecule has 2 aliphatic rings. The van der Waals surface area contributed by atoms with Crippen molar-refractivity contribution < 1.29 is 4.42 Å². The molecule has 242 valence electrons. The first-order valence-corrected chi connectivity index (χ1v) is 17.7. The molecule has 5 nitrogen and oxygen atoms in total. The van der Waals surface area contributed by atoms with E-state index in [4.69, 9.17) is 25.9 Å². The van der Waals surface area contributed by atoms with Gasteiger partial charge in [-0.1, -0.05) is 128 Å². The third-order valence-corrected chi connectivity index (χ3v) is 11.0. The van der Waals surface area contributed by atoms with Crippen LogP contribution in [0.25, 0.3) is 83.2 Å². The third-order valence-electron chi connectivity index (χ3n) is 11.0. The predicted octanol–water partition coefficient (Wildman–Crippen LogP) is 12.2. The van der Waals surface area contributed by atoms with Crippen molar-refractivity contribution in [3.05, 3.63) is 156 Å². The Morgan fingerprint density at radius 3 is 2.00 bits per heavy atom. The lowest BCUT2D eigenvalue weighted by Crippen LogP contribution is -2.28. The SMILES string of the molecule is [C-]#[N+]c1ccc2c(c1)-c1ccc(-c3ccc(-c4nc(-c5ccccc5)nc(-c5cccc6oc7ccccc7c56)n4)cc3)cc1C21CCCCC1. The molecule has 0 bridgehead atoms. The molecule has 6 aromatic carbocycles. The summed E-state index contributed by atoms with van der Waals surface area (Å²) in [4.78, 5) is 18.9. The summed E-state index contributed by atoms with van der Waals surface area (Å²) in [5, 5.41) is 2.04. The zero-order chi connectivity index (χ0) is 33.9. The molecule has 0 radical (unpaired) electrons. The van der Waals surface area contributed by atoms with Crippen molar-refractivity contribution in [1.29, 1.82) is 0 Å². The fourth-order valence-corrected chi connectivity index (χ4v) is 8.55. The quantitative estimate of drug-likeness (QED) is 0.177. The van der Waals surface area contributed by atoms with Gasteiger partial charge in [-0.25, -0.2) is 19.8 Å². The van der Waals surface area contributed by atoms with Crippen LogP contribution in [0.3, 0.4) is 0 Å². The minimum absolute atomic E-state index is 0.0255. The Bertz CT molecular complexity index is 2680. The van der Waals surface area contributed by atoms with E-state index in [2.05, 4.69) is 71.6 Å². The molecular formula is C46H32N4O. The van der Waals surface area contributed by atoms with Crippen LogP contribution in [0.1, 0.15) is 43.2 Å². The minimum atomic E-state index is 0.0255. The van der Waals surface area contributed by atoms with Crippen molar-refractivity contribution in [2.24, 2.45) is 0 Å². The van der Waals surface area contributed by atoms with Crippen LogP contribution in [0.5, 0.6) is 0 Å². The number of para-hydroxylation sites is 1. The van der Waals surface area contributed by atoms with Gasteiger partial charge in [0.1, 0.15) is 11.2 Å². The van der Waals surface area contributed by atoms with Crippen molar-refractivity contribution >= 4 is 27.6 Å². The highest BCUT2D eigenvalue weighted by molar-refractivity contribution is 6.11. The molecule has 1 fully saturated rings. The lowest BCUT2D eigenvalue weighted by atomic mass is 9.67. The third kappa shape index (κ3) is 4.71. The summed E-state index contributed by atoms with van der Waals surface area (Å²) in [5.41, 5.74) is 12.8. The van der Waals surface area contributed by atoms with E-state index >= 15 is 0 Å². The molecule has 51 heavy (non-hydrogen) atoms.